The molecule has 0 unspecified atom stereocenters. The highest BCUT2D eigenvalue weighted by molar-refractivity contribution is 5.82. The van der Waals surface area contributed by atoms with Crippen LogP contribution in [-0.4, -0.2) is 36.5 Å². The van der Waals surface area contributed by atoms with Gasteiger partial charge in [-0.05, 0) is 42.7 Å². The highest BCUT2D eigenvalue weighted by atomic mass is 19.2. The van der Waals surface area contributed by atoms with E-state index in [1.807, 2.05) is 0 Å². The Morgan fingerprint density at radius 2 is 1.70 bits per heavy atom. The first-order chi connectivity index (χ1) is 15.7. The maximum Gasteiger partial charge on any atom is 0.315 e. The van der Waals surface area contributed by atoms with E-state index in [4.69, 9.17) is 0 Å². The molecule has 176 valence electrons. The van der Waals surface area contributed by atoms with Crippen LogP contribution in [0.1, 0.15) is 49.3 Å². The second-order valence-corrected chi connectivity index (χ2v) is 8.84. The molecule has 0 bridgehead atoms. The second kappa shape index (κ2) is 9.03. The molecule has 2 aliphatic rings. The lowest BCUT2D eigenvalue weighted by Gasteiger charge is -2.31. The van der Waals surface area contributed by atoms with Crippen LogP contribution in [0.5, 0.6) is 0 Å². The number of amides is 3. The summed E-state index contributed by atoms with van der Waals surface area (Å²) in [6.07, 6.45) is 2.63. The number of halogens is 4. The molecule has 33 heavy (non-hydrogen) atoms. The smallest absolute Gasteiger partial charge is 0.315 e. The summed E-state index contributed by atoms with van der Waals surface area (Å²) in [6, 6.07) is 5.14. The average molecular weight is 463 g/mol. The Kier molecular flexibility index (Phi) is 6.32. The zero-order valence-electron chi connectivity index (χ0n) is 18.1. The molecule has 1 aliphatic heterocycles. The number of benzene rings is 2. The molecular formula is C24H25F4N3O2. The molecule has 3 amide bonds. The van der Waals surface area contributed by atoms with Crippen LogP contribution in [0.2, 0.25) is 0 Å². The number of rotatable bonds is 5. The normalized spacial score (nSPS) is 22.0. The van der Waals surface area contributed by atoms with Gasteiger partial charge in [0.2, 0.25) is 5.91 Å². The van der Waals surface area contributed by atoms with Crippen molar-refractivity contribution in [2.24, 2.45) is 0 Å². The molecule has 2 aromatic rings. The van der Waals surface area contributed by atoms with Gasteiger partial charge in [-0.15, -0.1) is 0 Å². The van der Waals surface area contributed by atoms with Gasteiger partial charge < -0.3 is 15.5 Å². The predicted octanol–water partition coefficient (Wildman–Crippen LogP) is 4.33. The lowest BCUT2D eigenvalue weighted by atomic mass is 9.78. The van der Waals surface area contributed by atoms with Crippen molar-refractivity contribution in [2.75, 3.05) is 13.6 Å². The van der Waals surface area contributed by atoms with E-state index in [1.165, 1.54) is 36.2 Å². The molecular weight excluding hydrogens is 438 g/mol. The summed E-state index contributed by atoms with van der Waals surface area (Å²) < 4.78 is 56.2. The fraction of sp³-hybridized carbons (Fsp3) is 0.417. The molecule has 4 rings (SSSR count). The van der Waals surface area contributed by atoms with Gasteiger partial charge in [0, 0.05) is 31.0 Å². The summed E-state index contributed by atoms with van der Waals surface area (Å²) in [5.41, 5.74) is -0.513. The van der Waals surface area contributed by atoms with Crippen LogP contribution in [0, 0.1) is 23.3 Å². The zero-order chi connectivity index (χ0) is 23.8. The van der Waals surface area contributed by atoms with E-state index in [2.05, 4.69) is 10.6 Å². The number of nitrogens with zero attached hydrogens (tertiary/aromatic N) is 1. The molecule has 1 saturated carbocycles. The van der Waals surface area contributed by atoms with Crippen LogP contribution in [0.3, 0.4) is 0 Å². The van der Waals surface area contributed by atoms with E-state index in [-0.39, 0.29) is 24.4 Å². The molecule has 9 heteroatoms. The Hall–Kier alpha value is -3.10. The minimum absolute atomic E-state index is 0.0132. The monoisotopic (exact) mass is 463 g/mol. The van der Waals surface area contributed by atoms with E-state index >= 15 is 0 Å². The van der Waals surface area contributed by atoms with Crippen molar-refractivity contribution < 1.29 is 27.2 Å². The molecule has 0 aromatic heterocycles. The molecule has 1 aliphatic carbocycles. The van der Waals surface area contributed by atoms with Crippen LogP contribution in [0.25, 0.3) is 0 Å². The summed E-state index contributed by atoms with van der Waals surface area (Å²) in [7, 11) is 1.53. The molecule has 1 heterocycles. The molecule has 1 saturated heterocycles. The maximum absolute atomic E-state index is 14.5. The lowest BCUT2D eigenvalue weighted by molar-refractivity contribution is -0.127. The Morgan fingerprint density at radius 1 is 1.03 bits per heavy atom. The van der Waals surface area contributed by atoms with Gasteiger partial charge in [0.25, 0.3) is 0 Å². The second-order valence-electron chi connectivity index (χ2n) is 8.84. The van der Waals surface area contributed by atoms with Gasteiger partial charge in [-0.25, -0.2) is 22.4 Å². The molecule has 2 atom stereocenters. The summed E-state index contributed by atoms with van der Waals surface area (Å²) in [5.74, 6) is -3.58. The van der Waals surface area contributed by atoms with Gasteiger partial charge in [-0.1, -0.05) is 25.0 Å². The molecule has 2 fully saturated rings. The van der Waals surface area contributed by atoms with Gasteiger partial charge in [0.05, 0.1) is 12.1 Å². The zero-order valence-corrected chi connectivity index (χ0v) is 18.1. The summed E-state index contributed by atoms with van der Waals surface area (Å²) in [5, 5.41) is 5.45. The Labute approximate surface area is 189 Å². The first-order valence-electron chi connectivity index (χ1n) is 10.9. The van der Waals surface area contributed by atoms with E-state index < -0.39 is 46.8 Å². The van der Waals surface area contributed by atoms with Gasteiger partial charge in [0.1, 0.15) is 11.6 Å². The third-order valence-corrected chi connectivity index (χ3v) is 6.83. The summed E-state index contributed by atoms with van der Waals surface area (Å²) >= 11 is 0. The van der Waals surface area contributed by atoms with Crippen molar-refractivity contribution >= 4 is 11.9 Å². The average Bonchev–Trinajstić information content (AvgIpc) is 3.34. The third-order valence-electron chi connectivity index (χ3n) is 6.83. The molecule has 0 spiro atoms. The van der Waals surface area contributed by atoms with Crippen molar-refractivity contribution in [2.45, 2.75) is 49.6 Å². The SMILES string of the molecule is CN1C(=O)C[C@H](NC(=O)NCC2(c3c(F)cccc3F)CCCC2)[C@H]1c1ccc(F)c(F)c1. The molecule has 2 N–H and O–H groups in total. The number of hydrogen-bond donors (Lipinski definition) is 2. The maximum atomic E-state index is 14.5. The minimum Gasteiger partial charge on any atom is -0.337 e. The first-order valence-corrected chi connectivity index (χ1v) is 10.9. The van der Waals surface area contributed by atoms with Crippen molar-refractivity contribution in [1.82, 2.24) is 15.5 Å². The van der Waals surface area contributed by atoms with E-state index in [0.29, 0.717) is 18.4 Å². The van der Waals surface area contributed by atoms with Crippen LogP contribution < -0.4 is 10.6 Å². The van der Waals surface area contributed by atoms with Gasteiger partial charge in [0.15, 0.2) is 11.6 Å². The summed E-state index contributed by atoms with van der Waals surface area (Å²) in [4.78, 5) is 26.4. The molecule has 2 aromatic carbocycles. The van der Waals surface area contributed by atoms with E-state index in [0.717, 1.165) is 25.0 Å². The minimum atomic E-state index is -1.04. The predicted molar refractivity (Wildman–Crippen MR) is 113 cm³/mol. The fourth-order valence-corrected chi connectivity index (χ4v) is 5.19. The third kappa shape index (κ3) is 4.41. The number of likely N-dealkylation sites (tertiary alicyclic amines) is 1. The number of likely N-dealkylation sites (N-methyl/N-ethyl adjacent to an activating group) is 1. The highest BCUT2D eigenvalue weighted by Gasteiger charge is 2.42. The van der Waals surface area contributed by atoms with Crippen molar-refractivity contribution in [3.05, 3.63) is 70.8 Å². The quantitative estimate of drug-likeness (QED) is 0.649. The number of nitrogens with one attached hydrogen (secondary N) is 2. The van der Waals surface area contributed by atoms with Crippen LogP contribution in [-0.2, 0) is 10.2 Å². The topological polar surface area (TPSA) is 61.4 Å². The Morgan fingerprint density at radius 3 is 2.33 bits per heavy atom. The van der Waals surface area contributed by atoms with Crippen molar-refractivity contribution in [3.8, 4) is 0 Å². The van der Waals surface area contributed by atoms with Gasteiger partial charge in [-0.2, -0.15) is 0 Å². The van der Waals surface area contributed by atoms with Crippen LogP contribution in [0.4, 0.5) is 22.4 Å². The summed E-state index contributed by atoms with van der Waals surface area (Å²) in [6.45, 7) is 0.0308. The number of urea groups is 1. The number of carbonyl (C=O) groups is 2. The Bertz CT molecular complexity index is 1050. The fourth-order valence-electron chi connectivity index (χ4n) is 5.19. The molecule has 5 nitrogen and oxygen atoms in total. The lowest BCUT2D eigenvalue weighted by Crippen LogP contribution is -2.48. The van der Waals surface area contributed by atoms with Crippen molar-refractivity contribution in [1.29, 1.82) is 0 Å². The number of carbonyl (C=O) groups excluding carboxylic acids is 2. The van der Waals surface area contributed by atoms with E-state index in [9.17, 15) is 27.2 Å². The van der Waals surface area contributed by atoms with Crippen LogP contribution >= 0.6 is 0 Å². The standard InChI is InChI=1S/C24H25F4N3O2/c1-31-20(32)12-19(22(31)14-7-8-15(25)18(28)11-14)30-23(33)29-13-24(9-2-3-10-24)21-16(26)5-4-6-17(21)27/h4-8,11,19,22H,2-3,9-10,12-13H2,1H3,(H2,29,30,33)/t19-,22+/m0/s1. The number of hydrogen-bond acceptors (Lipinski definition) is 2. The largest absolute Gasteiger partial charge is 0.337 e. The Balaban J connectivity index is 1.49. The highest BCUT2D eigenvalue weighted by Crippen LogP contribution is 2.43. The molecule has 0 radical (unpaired) electrons. The van der Waals surface area contributed by atoms with E-state index in [1.54, 1.807) is 0 Å². The van der Waals surface area contributed by atoms with Crippen LogP contribution in [0.15, 0.2) is 36.4 Å². The first kappa shape index (κ1) is 23.1. The van der Waals surface area contributed by atoms with Gasteiger partial charge in [-0.3, -0.25) is 4.79 Å². The van der Waals surface area contributed by atoms with Gasteiger partial charge >= 0.3 is 6.03 Å². The van der Waals surface area contributed by atoms with Crippen molar-refractivity contribution in [3.63, 3.8) is 0 Å².